The maximum Gasteiger partial charge on any atom is 0.119 e. The number of hydrogen-bond acceptors (Lipinski definition) is 1. The molecule has 72 valence electrons. The second-order valence-corrected chi connectivity index (χ2v) is 4.18. The second kappa shape index (κ2) is 5.51. The van der Waals surface area contributed by atoms with Crippen LogP contribution in [0.25, 0.3) is 0 Å². The molecule has 0 bridgehead atoms. The smallest absolute Gasteiger partial charge is 0.119 e. The van der Waals surface area contributed by atoms with Crippen molar-refractivity contribution in [2.45, 2.75) is 17.6 Å². The van der Waals surface area contributed by atoms with Crippen LogP contribution in [0.4, 0.5) is 0 Å². The van der Waals surface area contributed by atoms with E-state index in [4.69, 9.17) is 16.3 Å². The van der Waals surface area contributed by atoms with Gasteiger partial charge in [0.2, 0.25) is 0 Å². The van der Waals surface area contributed by atoms with Crippen molar-refractivity contribution in [2.24, 2.45) is 0 Å². The van der Waals surface area contributed by atoms with Gasteiger partial charge in [0.15, 0.2) is 0 Å². The van der Waals surface area contributed by atoms with Gasteiger partial charge < -0.3 is 4.74 Å². The van der Waals surface area contributed by atoms with E-state index in [-0.39, 0.29) is 5.38 Å². The Bertz CT molecular complexity index is 246. The quantitative estimate of drug-likeness (QED) is 0.755. The fourth-order valence-electron chi connectivity index (χ4n) is 0.886. The molecule has 0 aliphatic rings. The van der Waals surface area contributed by atoms with E-state index in [1.165, 1.54) is 5.56 Å². The Hall–Kier alpha value is -0.210. The first-order valence-electron chi connectivity index (χ1n) is 4.14. The van der Waals surface area contributed by atoms with E-state index in [0.29, 0.717) is 6.61 Å². The van der Waals surface area contributed by atoms with Gasteiger partial charge in [0, 0.05) is 5.33 Å². The molecule has 0 radical (unpaired) electrons. The predicted molar refractivity (Wildman–Crippen MR) is 59.9 cm³/mol. The van der Waals surface area contributed by atoms with Gasteiger partial charge in [0.1, 0.15) is 12.4 Å². The molecule has 0 heterocycles. The summed E-state index contributed by atoms with van der Waals surface area (Å²) in [5.41, 5.74) is 1.24. The van der Waals surface area contributed by atoms with E-state index in [9.17, 15) is 0 Å². The lowest BCUT2D eigenvalue weighted by molar-refractivity contribution is 0.320. The highest BCUT2D eigenvalue weighted by atomic mass is 79.9. The van der Waals surface area contributed by atoms with Crippen molar-refractivity contribution in [2.75, 3.05) is 6.61 Å². The van der Waals surface area contributed by atoms with Crippen molar-refractivity contribution in [3.63, 3.8) is 0 Å². The first kappa shape index (κ1) is 10.9. The summed E-state index contributed by atoms with van der Waals surface area (Å²) in [6.07, 6.45) is 0. The van der Waals surface area contributed by atoms with Crippen LogP contribution in [-0.2, 0) is 5.33 Å². The van der Waals surface area contributed by atoms with Crippen LogP contribution in [0.2, 0.25) is 0 Å². The number of ether oxygens (including phenoxy) is 1. The fraction of sp³-hybridized carbons (Fsp3) is 0.400. The Labute approximate surface area is 92.2 Å². The molecule has 1 atom stereocenters. The van der Waals surface area contributed by atoms with Crippen molar-refractivity contribution < 1.29 is 4.74 Å². The van der Waals surface area contributed by atoms with Crippen LogP contribution in [0.5, 0.6) is 5.75 Å². The first-order valence-corrected chi connectivity index (χ1v) is 5.70. The standard InChI is InChI=1S/C10H12BrClO/c1-8(12)7-13-10-4-2-9(6-11)3-5-10/h2-5,8H,6-7H2,1H3. The zero-order chi connectivity index (χ0) is 9.68. The average molecular weight is 264 g/mol. The van der Waals surface area contributed by atoms with Gasteiger partial charge in [0.05, 0.1) is 5.38 Å². The molecule has 0 amide bonds. The molecule has 1 unspecified atom stereocenters. The Balaban J connectivity index is 2.49. The summed E-state index contributed by atoms with van der Waals surface area (Å²) in [6, 6.07) is 7.97. The van der Waals surface area contributed by atoms with Crippen LogP contribution in [0.1, 0.15) is 12.5 Å². The maximum absolute atomic E-state index is 5.75. The molecule has 13 heavy (non-hydrogen) atoms. The monoisotopic (exact) mass is 262 g/mol. The number of halogens is 2. The van der Waals surface area contributed by atoms with Crippen LogP contribution in [0, 0.1) is 0 Å². The largest absolute Gasteiger partial charge is 0.492 e. The average Bonchev–Trinajstić information content (AvgIpc) is 2.15. The molecule has 0 fully saturated rings. The molecule has 0 N–H and O–H groups in total. The van der Waals surface area contributed by atoms with Crippen molar-refractivity contribution >= 4 is 27.5 Å². The molecule has 1 aromatic rings. The first-order chi connectivity index (χ1) is 6.22. The Morgan fingerprint density at radius 2 is 2.00 bits per heavy atom. The minimum absolute atomic E-state index is 0.0517. The molecule has 0 saturated heterocycles. The molecule has 0 spiro atoms. The van der Waals surface area contributed by atoms with E-state index in [1.807, 2.05) is 31.2 Å². The van der Waals surface area contributed by atoms with Crippen LogP contribution >= 0.6 is 27.5 Å². The SMILES string of the molecule is CC(Cl)COc1ccc(CBr)cc1. The predicted octanol–water partition coefficient (Wildman–Crippen LogP) is 3.59. The molecule has 3 heteroatoms. The third kappa shape index (κ3) is 4.01. The molecule has 1 rings (SSSR count). The maximum atomic E-state index is 5.75. The minimum atomic E-state index is 0.0517. The summed E-state index contributed by atoms with van der Waals surface area (Å²) < 4.78 is 5.42. The van der Waals surface area contributed by atoms with Crippen LogP contribution in [-0.4, -0.2) is 12.0 Å². The minimum Gasteiger partial charge on any atom is -0.492 e. The molecule has 0 saturated carbocycles. The van der Waals surface area contributed by atoms with E-state index in [1.54, 1.807) is 0 Å². The molecular formula is C10H12BrClO. The lowest BCUT2D eigenvalue weighted by atomic mass is 10.2. The molecular weight excluding hydrogens is 251 g/mol. The lowest BCUT2D eigenvalue weighted by Gasteiger charge is -2.07. The van der Waals surface area contributed by atoms with Gasteiger partial charge in [0.25, 0.3) is 0 Å². The van der Waals surface area contributed by atoms with Crippen LogP contribution in [0.15, 0.2) is 24.3 Å². The normalized spacial score (nSPS) is 12.5. The van der Waals surface area contributed by atoms with Gasteiger partial charge >= 0.3 is 0 Å². The van der Waals surface area contributed by atoms with Crippen LogP contribution in [0.3, 0.4) is 0 Å². The van der Waals surface area contributed by atoms with Crippen molar-refractivity contribution in [3.8, 4) is 5.75 Å². The van der Waals surface area contributed by atoms with Crippen molar-refractivity contribution in [3.05, 3.63) is 29.8 Å². The van der Waals surface area contributed by atoms with Gasteiger partial charge in [-0.15, -0.1) is 11.6 Å². The third-order valence-electron chi connectivity index (χ3n) is 1.56. The summed E-state index contributed by atoms with van der Waals surface area (Å²) in [5, 5.41) is 0.926. The van der Waals surface area contributed by atoms with Crippen molar-refractivity contribution in [1.29, 1.82) is 0 Å². The number of hydrogen-bond donors (Lipinski definition) is 0. The van der Waals surface area contributed by atoms with E-state index >= 15 is 0 Å². The van der Waals surface area contributed by atoms with Gasteiger partial charge in [-0.25, -0.2) is 0 Å². The highest BCUT2D eigenvalue weighted by molar-refractivity contribution is 9.08. The van der Waals surface area contributed by atoms with E-state index in [0.717, 1.165) is 11.1 Å². The van der Waals surface area contributed by atoms with Gasteiger partial charge in [-0.2, -0.15) is 0 Å². The molecule has 1 nitrogen and oxygen atoms in total. The topological polar surface area (TPSA) is 9.23 Å². The molecule has 0 aliphatic heterocycles. The zero-order valence-electron chi connectivity index (χ0n) is 7.47. The highest BCUT2D eigenvalue weighted by Gasteiger charge is 1.98. The van der Waals surface area contributed by atoms with Gasteiger partial charge in [-0.05, 0) is 24.6 Å². The number of benzene rings is 1. The number of alkyl halides is 2. The second-order valence-electron chi connectivity index (χ2n) is 2.87. The summed E-state index contributed by atoms with van der Waals surface area (Å²) in [5.74, 6) is 0.872. The Morgan fingerprint density at radius 1 is 1.38 bits per heavy atom. The van der Waals surface area contributed by atoms with Gasteiger partial charge in [-0.1, -0.05) is 28.1 Å². The summed E-state index contributed by atoms with van der Waals surface area (Å²) in [7, 11) is 0. The Kier molecular flexibility index (Phi) is 4.60. The molecule has 0 aliphatic carbocycles. The molecule has 1 aromatic carbocycles. The third-order valence-corrected chi connectivity index (χ3v) is 2.33. The highest BCUT2D eigenvalue weighted by Crippen LogP contribution is 2.14. The summed E-state index contributed by atoms with van der Waals surface area (Å²) in [4.78, 5) is 0. The fourth-order valence-corrected chi connectivity index (χ4v) is 1.32. The summed E-state index contributed by atoms with van der Waals surface area (Å²) in [6.45, 7) is 2.46. The number of rotatable bonds is 4. The van der Waals surface area contributed by atoms with Gasteiger partial charge in [-0.3, -0.25) is 0 Å². The lowest BCUT2D eigenvalue weighted by Crippen LogP contribution is -2.06. The van der Waals surface area contributed by atoms with Crippen LogP contribution < -0.4 is 4.74 Å². The molecule has 0 aromatic heterocycles. The van der Waals surface area contributed by atoms with Crippen molar-refractivity contribution in [1.82, 2.24) is 0 Å². The zero-order valence-corrected chi connectivity index (χ0v) is 9.81. The summed E-state index contributed by atoms with van der Waals surface area (Å²) >= 11 is 9.14. The Morgan fingerprint density at radius 3 is 2.46 bits per heavy atom. The van der Waals surface area contributed by atoms with E-state index < -0.39 is 0 Å². The van der Waals surface area contributed by atoms with E-state index in [2.05, 4.69) is 15.9 Å².